The molecule has 8 heteroatoms. The summed E-state index contributed by atoms with van der Waals surface area (Å²) in [5.74, 6) is -1.43. The second kappa shape index (κ2) is 5.26. The van der Waals surface area contributed by atoms with E-state index in [1.54, 1.807) is 0 Å². The number of hydrogen-bond donors (Lipinski definition) is 2. The van der Waals surface area contributed by atoms with E-state index in [0.717, 1.165) is 0 Å². The molecule has 0 saturated heterocycles. The van der Waals surface area contributed by atoms with Gasteiger partial charge in [-0.05, 0) is 24.8 Å². The van der Waals surface area contributed by atoms with Crippen LogP contribution in [0.1, 0.15) is 12.8 Å². The van der Waals surface area contributed by atoms with Crippen molar-refractivity contribution >= 4 is 23.3 Å². The lowest BCUT2D eigenvalue weighted by Gasteiger charge is -2.24. The molecule has 1 aliphatic carbocycles. The van der Waals surface area contributed by atoms with E-state index < -0.39 is 16.4 Å². The minimum Gasteiger partial charge on any atom is -0.484 e. The number of carbonyl (C=O) groups is 1. The molecule has 3 N–H and O–H groups in total. The number of benzene rings is 1. The third-order valence-electron chi connectivity index (χ3n) is 3.29. The van der Waals surface area contributed by atoms with Crippen molar-refractivity contribution in [2.45, 2.75) is 18.4 Å². The maximum atomic E-state index is 11.2. The molecule has 1 saturated carbocycles. The van der Waals surface area contributed by atoms with Gasteiger partial charge in [0.1, 0.15) is 6.61 Å². The van der Waals surface area contributed by atoms with Gasteiger partial charge in [0.15, 0.2) is 11.3 Å². The summed E-state index contributed by atoms with van der Waals surface area (Å²) >= 11 is 5.76. The number of nitrogens with zero attached hydrogens (tertiary/aromatic N) is 1. The molecule has 0 aliphatic heterocycles. The number of carboxylic acid groups (broad SMARTS) is 1. The summed E-state index contributed by atoms with van der Waals surface area (Å²) in [4.78, 5) is 21.5. The van der Waals surface area contributed by atoms with Crippen molar-refractivity contribution in [1.82, 2.24) is 0 Å². The highest BCUT2D eigenvalue weighted by atomic mass is 35.5. The number of nitro benzene ring substituents is 1. The Morgan fingerprint density at radius 1 is 1.60 bits per heavy atom. The molecule has 2 rings (SSSR count). The third-order valence-corrected chi connectivity index (χ3v) is 3.52. The van der Waals surface area contributed by atoms with Crippen molar-refractivity contribution in [2.24, 2.45) is 11.7 Å². The second-order valence-corrected chi connectivity index (χ2v) is 5.21. The Morgan fingerprint density at radius 3 is 2.75 bits per heavy atom. The Kier molecular flexibility index (Phi) is 3.82. The number of rotatable bonds is 6. The monoisotopic (exact) mass is 300 g/mol. The molecule has 20 heavy (non-hydrogen) atoms. The number of carboxylic acids is 1. The zero-order valence-electron chi connectivity index (χ0n) is 10.4. The second-order valence-electron chi connectivity index (χ2n) is 4.78. The summed E-state index contributed by atoms with van der Waals surface area (Å²) < 4.78 is 5.28. The van der Waals surface area contributed by atoms with Gasteiger partial charge in [0.2, 0.25) is 0 Å². The van der Waals surface area contributed by atoms with E-state index in [-0.39, 0.29) is 29.0 Å². The Hall–Kier alpha value is -1.86. The highest BCUT2D eigenvalue weighted by molar-refractivity contribution is 6.30. The molecule has 0 bridgehead atoms. The fourth-order valence-corrected chi connectivity index (χ4v) is 2.07. The summed E-state index contributed by atoms with van der Waals surface area (Å²) in [6, 6.07) is 3.84. The van der Waals surface area contributed by atoms with Gasteiger partial charge in [-0.2, -0.15) is 0 Å². The molecule has 1 fully saturated rings. The molecule has 7 nitrogen and oxygen atoms in total. The van der Waals surface area contributed by atoms with Crippen LogP contribution in [0.15, 0.2) is 18.2 Å². The molecule has 0 spiro atoms. The first-order valence-corrected chi connectivity index (χ1v) is 6.31. The van der Waals surface area contributed by atoms with Crippen molar-refractivity contribution in [2.75, 3.05) is 6.61 Å². The molecule has 0 radical (unpaired) electrons. The maximum Gasteiger partial charge on any atom is 0.327 e. The molecule has 0 heterocycles. The number of aliphatic carboxylic acids is 1. The molecule has 0 amide bonds. The topological polar surface area (TPSA) is 116 Å². The van der Waals surface area contributed by atoms with Crippen molar-refractivity contribution in [3.63, 3.8) is 0 Å². The van der Waals surface area contributed by atoms with Crippen LogP contribution < -0.4 is 10.5 Å². The summed E-state index contributed by atoms with van der Waals surface area (Å²) in [6.45, 7) is -0.339. The van der Waals surface area contributed by atoms with E-state index in [0.29, 0.717) is 12.8 Å². The predicted octanol–water partition coefficient (Wildman–Crippen LogP) is 1.82. The number of hydrogen-bond acceptors (Lipinski definition) is 5. The minimum absolute atomic E-state index is 0.0841. The molecule has 108 valence electrons. The number of halogens is 1. The van der Waals surface area contributed by atoms with Crippen LogP contribution in [0, 0.1) is 16.0 Å². The SMILES string of the molecule is NC(COc1cc(Cl)ccc1[N+](=O)[O-])(C(=O)O)C1CC1. The van der Waals surface area contributed by atoms with Crippen molar-refractivity contribution in [3.8, 4) is 5.75 Å². The quantitative estimate of drug-likeness (QED) is 0.611. The molecular weight excluding hydrogens is 288 g/mol. The Labute approximate surface area is 119 Å². The van der Waals surface area contributed by atoms with E-state index in [2.05, 4.69) is 0 Å². The Morgan fingerprint density at radius 2 is 2.25 bits per heavy atom. The van der Waals surface area contributed by atoms with Crippen LogP contribution in [0.2, 0.25) is 5.02 Å². The van der Waals surface area contributed by atoms with Crippen LogP contribution in [-0.2, 0) is 4.79 Å². The van der Waals surface area contributed by atoms with Gasteiger partial charge in [-0.25, -0.2) is 0 Å². The molecule has 0 aromatic heterocycles. The lowest BCUT2D eigenvalue weighted by molar-refractivity contribution is -0.385. The normalized spacial score (nSPS) is 17.3. The fraction of sp³-hybridized carbons (Fsp3) is 0.417. The first-order chi connectivity index (χ1) is 9.34. The lowest BCUT2D eigenvalue weighted by Crippen LogP contribution is -2.54. The minimum atomic E-state index is -1.53. The van der Waals surface area contributed by atoms with Gasteiger partial charge in [0, 0.05) is 17.2 Å². The Balaban J connectivity index is 2.19. The third kappa shape index (κ3) is 2.83. The van der Waals surface area contributed by atoms with Gasteiger partial charge in [-0.1, -0.05) is 11.6 Å². The Bertz CT molecular complexity index is 561. The average Bonchev–Trinajstić information content (AvgIpc) is 3.19. The van der Waals surface area contributed by atoms with E-state index in [9.17, 15) is 20.0 Å². The first-order valence-electron chi connectivity index (χ1n) is 5.93. The van der Waals surface area contributed by atoms with E-state index in [4.69, 9.17) is 22.1 Å². The van der Waals surface area contributed by atoms with Crippen molar-refractivity contribution in [1.29, 1.82) is 0 Å². The smallest absolute Gasteiger partial charge is 0.327 e. The van der Waals surface area contributed by atoms with Gasteiger partial charge in [-0.15, -0.1) is 0 Å². The van der Waals surface area contributed by atoms with E-state index >= 15 is 0 Å². The molecule has 1 aromatic carbocycles. The molecule has 1 aliphatic rings. The zero-order chi connectivity index (χ0) is 14.9. The predicted molar refractivity (Wildman–Crippen MR) is 70.9 cm³/mol. The van der Waals surface area contributed by atoms with E-state index in [1.807, 2.05) is 0 Å². The largest absolute Gasteiger partial charge is 0.484 e. The molecule has 1 unspecified atom stereocenters. The number of nitro groups is 1. The van der Waals surface area contributed by atoms with Crippen LogP contribution in [0.25, 0.3) is 0 Å². The molecule has 1 atom stereocenters. The van der Waals surface area contributed by atoms with Gasteiger partial charge in [0.25, 0.3) is 0 Å². The number of nitrogens with two attached hydrogens (primary N) is 1. The highest BCUT2D eigenvalue weighted by Crippen LogP contribution is 2.39. The van der Waals surface area contributed by atoms with E-state index in [1.165, 1.54) is 18.2 Å². The van der Waals surface area contributed by atoms with Crippen molar-refractivity contribution in [3.05, 3.63) is 33.3 Å². The van der Waals surface area contributed by atoms with Crippen LogP contribution in [0.4, 0.5) is 5.69 Å². The average molecular weight is 301 g/mol. The summed E-state index contributed by atoms with van der Waals surface area (Å²) in [6.07, 6.45) is 1.42. The van der Waals surface area contributed by atoms with Gasteiger partial charge in [-0.3, -0.25) is 14.9 Å². The summed E-state index contributed by atoms with van der Waals surface area (Å²) in [7, 11) is 0. The van der Waals surface area contributed by atoms with Gasteiger partial charge >= 0.3 is 11.7 Å². The number of ether oxygens (including phenoxy) is 1. The maximum absolute atomic E-state index is 11.2. The first kappa shape index (κ1) is 14.5. The fourth-order valence-electron chi connectivity index (χ4n) is 1.90. The lowest BCUT2D eigenvalue weighted by atomic mass is 9.96. The standard InChI is InChI=1S/C12H13ClN2O5/c13-8-3-4-9(15(18)19)10(5-8)20-6-12(14,11(16)17)7-1-2-7/h3-5,7H,1-2,6,14H2,(H,16,17). The van der Waals surface area contributed by atoms with Crippen molar-refractivity contribution < 1.29 is 19.6 Å². The molecular formula is C12H13ClN2O5. The van der Waals surface area contributed by atoms with Crippen LogP contribution in [0.5, 0.6) is 5.75 Å². The summed E-state index contributed by atoms with van der Waals surface area (Å²) in [5, 5.41) is 20.3. The highest BCUT2D eigenvalue weighted by Gasteiger charge is 2.49. The summed E-state index contributed by atoms with van der Waals surface area (Å²) in [5.41, 5.74) is 4.02. The van der Waals surface area contributed by atoms with Crippen LogP contribution >= 0.6 is 11.6 Å². The van der Waals surface area contributed by atoms with Crippen LogP contribution in [0.3, 0.4) is 0 Å². The van der Waals surface area contributed by atoms with Gasteiger partial charge < -0.3 is 15.6 Å². The van der Waals surface area contributed by atoms with Crippen LogP contribution in [-0.4, -0.2) is 28.1 Å². The zero-order valence-corrected chi connectivity index (χ0v) is 11.2. The van der Waals surface area contributed by atoms with Gasteiger partial charge in [0.05, 0.1) is 4.92 Å². The molecule has 1 aromatic rings.